The Bertz CT molecular complexity index is 2950. The molecular formula is C53H39N3Si. The average Bonchev–Trinajstić information content (AvgIpc) is 3.81. The van der Waals surface area contributed by atoms with Crippen molar-refractivity contribution in [2.75, 3.05) is 0 Å². The Morgan fingerprint density at radius 3 is 1.28 bits per heavy atom. The third-order valence-corrected chi connectivity index (χ3v) is 16.9. The zero-order chi connectivity index (χ0) is 37.8. The van der Waals surface area contributed by atoms with Crippen molar-refractivity contribution in [3.8, 4) is 0 Å². The Kier molecular flexibility index (Phi) is 7.97. The summed E-state index contributed by atoms with van der Waals surface area (Å²) in [5.41, 5.74) is 7.08. The molecule has 2 aromatic heterocycles. The summed E-state index contributed by atoms with van der Waals surface area (Å²) in [5.74, 6) is 0.946. The largest absolute Gasteiger partial charge is 0.333 e. The van der Waals surface area contributed by atoms with E-state index in [0.29, 0.717) is 0 Å². The van der Waals surface area contributed by atoms with Crippen LogP contribution in [0.15, 0.2) is 223 Å². The number of hydrogen-bond donors (Lipinski definition) is 0. The van der Waals surface area contributed by atoms with Gasteiger partial charge >= 0.3 is 0 Å². The van der Waals surface area contributed by atoms with E-state index in [9.17, 15) is 0 Å². The molecule has 0 saturated heterocycles. The van der Waals surface area contributed by atoms with Crippen LogP contribution in [0.5, 0.6) is 0 Å². The van der Waals surface area contributed by atoms with Crippen LogP contribution in [0.2, 0.25) is 0 Å². The smallest absolute Gasteiger partial charge is 0.180 e. The Morgan fingerprint density at radius 2 is 0.789 bits per heavy atom. The molecule has 0 spiro atoms. The molecule has 0 aliphatic carbocycles. The summed E-state index contributed by atoms with van der Waals surface area (Å²) < 4.78 is 4.95. The lowest BCUT2D eigenvalue weighted by Crippen LogP contribution is -2.75. The third-order valence-electron chi connectivity index (χ3n) is 12.0. The second-order valence-electron chi connectivity index (χ2n) is 15.0. The minimum Gasteiger partial charge on any atom is -0.333 e. The lowest BCUT2D eigenvalue weighted by Gasteiger charge is -2.36. The van der Waals surface area contributed by atoms with Gasteiger partial charge in [0.1, 0.15) is 5.82 Å². The molecule has 1 unspecified atom stereocenters. The van der Waals surface area contributed by atoms with Crippen LogP contribution in [0, 0.1) is 0 Å². The number of benzene rings is 8. The highest BCUT2D eigenvalue weighted by Crippen LogP contribution is 2.39. The molecule has 8 aromatic carbocycles. The number of aromatic nitrogens is 2. The first-order valence-corrected chi connectivity index (χ1v) is 21.8. The maximum Gasteiger partial charge on any atom is 0.180 e. The predicted octanol–water partition coefficient (Wildman–Crippen LogP) is 10.2. The van der Waals surface area contributed by atoms with E-state index in [4.69, 9.17) is 4.99 Å². The molecule has 0 fully saturated rings. The fourth-order valence-corrected chi connectivity index (χ4v) is 14.7. The number of allylic oxidation sites excluding steroid dienone is 1. The van der Waals surface area contributed by atoms with Gasteiger partial charge in [-0.25, -0.2) is 4.99 Å². The van der Waals surface area contributed by atoms with Gasteiger partial charge < -0.3 is 4.57 Å². The van der Waals surface area contributed by atoms with Crippen molar-refractivity contribution in [2.24, 2.45) is 4.99 Å². The van der Waals surface area contributed by atoms with Crippen molar-refractivity contribution in [3.63, 3.8) is 0 Å². The van der Waals surface area contributed by atoms with E-state index in [1.54, 1.807) is 0 Å². The molecule has 0 radical (unpaired) electrons. The minimum absolute atomic E-state index is 0.00785. The number of para-hydroxylation sites is 4. The zero-order valence-corrected chi connectivity index (χ0v) is 32.4. The fraction of sp³-hybridized carbons (Fsp3) is 0.0377. The summed E-state index contributed by atoms with van der Waals surface area (Å²) in [4.78, 5) is 5.82. The van der Waals surface area contributed by atoms with Gasteiger partial charge in [-0.3, -0.25) is 4.57 Å². The highest BCUT2D eigenvalue weighted by molar-refractivity contribution is 7.20. The first-order chi connectivity index (χ1) is 28.3. The molecule has 270 valence electrons. The van der Waals surface area contributed by atoms with Crippen LogP contribution in [-0.4, -0.2) is 22.9 Å². The Labute approximate surface area is 333 Å². The second kappa shape index (κ2) is 13.6. The van der Waals surface area contributed by atoms with Crippen LogP contribution >= 0.6 is 0 Å². The lowest BCUT2D eigenvalue weighted by atomic mass is 9.99. The van der Waals surface area contributed by atoms with Crippen molar-refractivity contribution in [1.82, 2.24) is 9.13 Å². The summed E-state index contributed by atoms with van der Waals surface area (Å²) in [6.07, 6.45) is 3.16. The van der Waals surface area contributed by atoms with Gasteiger partial charge in [-0.15, -0.1) is 0 Å². The molecule has 3 nitrogen and oxygen atoms in total. The first kappa shape index (κ1) is 33.3. The van der Waals surface area contributed by atoms with E-state index in [0.717, 1.165) is 29.0 Å². The van der Waals surface area contributed by atoms with E-state index >= 15 is 0 Å². The van der Waals surface area contributed by atoms with Crippen LogP contribution in [0.1, 0.15) is 18.0 Å². The Hall–Kier alpha value is -7.01. The number of fused-ring (bicyclic) bond motifs is 6. The number of aliphatic imine (C=N–C) groups is 1. The van der Waals surface area contributed by atoms with E-state index in [2.05, 4.69) is 228 Å². The Balaban J connectivity index is 1.23. The molecule has 0 N–H and O–H groups in total. The van der Waals surface area contributed by atoms with Crippen molar-refractivity contribution >= 4 is 84.0 Å². The van der Waals surface area contributed by atoms with Gasteiger partial charge in [0.2, 0.25) is 0 Å². The quantitative estimate of drug-likeness (QED) is 0.115. The van der Waals surface area contributed by atoms with E-state index in [1.165, 1.54) is 58.9 Å². The van der Waals surface area contributed by atoms with Gasteiger partial charge in [-0.2, -0.15) is 0 Å². The maximum absolute atomic E-state index is 5.82. The van der Waals surface area contributed by atoms with Crippen LogP contribution in [0.3, 0.4) is 0 Å². The van der Waals surface area contributed by atoms with Gasteiger partial charge in [-0.05, 0) is 56.7 Å². The molecule has 0 saturated carbocycles. The topological polar surface area (TPSA) is 22.2 Å². The van der Waals surface area contributed by atoms with Gasteiger partial charge in [0, 0.05) is 39.0 Å². The highest BCUT2D eigenvalue weighted by Gasteiger charge is 2.43. The van der Waals surface area contributed by atoms with Gasteiger partial charge in [0.25, 0.3) is 0 Å². The molecule has 11 rings (SSSR count). The monoisotopic (exact) mass is 745 g/mol. The predicted molar refractivity (Wildman–Crippen MR) is 243 cm³/mol. The molecule has 57 heavy (non-hydrogen) atoms. The van der Waals surface area contributed by atoms with E-state index in [-0.39, 0.29) is 6.04 Å². The van der Waals surface area contributed by atoms with Crippen molar-refractivity contribution in [2.45, 2.75) is 12.5 Å². The zero-order valence-electron chi connectivity index (χ0n) is 31.4. The molecule has 4 heteroatoms. The van der Waals surface area contributed by atoms with Crippen LogP contribution in [0.4, 0.5) is 0 Å². The molecular weight excluding hydrogens is 707 g/mol. The molecule has 0 amide bonds. The normalized spacial score (nSPS) is 14.6. The standard InChI is InChI=1S/C53H39N3Si/c1-4-20-39(21-5-1)57(40-22-6-2-7-23-40,41-24-8-3-9-25-41)52-35-19-14-30-46(52)47-36-38(55-48-31-15-10-26-42(48)43-27-11-16-32-49(43)55)37-53(54-47)56-50-33-17-12-28-44(50)45-29-13-18-34-51(45)56/h1-35,37-38H,36H2. The lowest BCUT2D eigenvalue weighted by molar-refractivity contribution is 0.661. The van der Waals surface area contributed by atoms with Crippen LogP contribution in [-0.2, 0) is 0 Å². The minimum atomic E-state index is -2.89. The summed E-state index contributed by atoms with van der Waals surface area (Å²) in [6, 6.07) is 78.1. The second-order valence-corrected chi connectivity index (χ2v) is 18.8. The summed E-state index contributed by atoms with van der Waals surface area (Å²) in [6.45, 7) is 0. The Morgan fingerprint density at radius 1 is 0.404 bits per heavy atom. The van der Waals surface area contributed by atoms with E-state index in [1.807, 2.05) is 0 Å². The number of nitrogens with zero attached hydrogens (tertiary/aromatic N) is 3. The summed E-state index contributed by atoms with van der Waals surface area (Å²) in [7, 11) is -2.89. The van der Waals surface area contributed by atoms with Crippen molar-refractivity contribution in [3.05, 3.63) is 224 Å². The number of rotatable bonds is 7. The van der Waals surface area contributed by atoms with Gasteiger partial charge in [-0.1, -0.05) is 188 Å². The fourth-order valence-electron chi connectivity index (χ4n) is 9.68. The molecule has 3 heterocycles. The van der Waals surface area contributed by atoms with Crippen LogP contribution in [0.25, 0.3) is 49.4 Å². The SMILES string of the molecule is C1=C(n2c3ccccc3c3ccccc32)N=C(c2ccccc2[Si](c2ccccc2)(c2ccccc2)c2ccccc2)CC1n1c2ccccc2c2ccccc21. The number of hydrogen-bond acceptors (Lipinski definition) is 1. The van der Waals surface area contributed by atoms with Crippen LogP contribution < -0.4 is 20.7 Å². The molecule has 1 aliphatic rings. The molecule has 1 aliphatic heterocycles. The molecule has 0 bridgehead atoms. The maximum atomic E-state index is 5.82. The summed E-state index contributed by atoms with van der Waals surface area (Å²) >= 11 is 0. The van der Waals surface area contributed by atoms with E-state index < -0.39 is 8.07 Å². The average molecular weight is 746 g/mol. The molecule has 10 aromatic rings. The van der Waals surface area contributed by atoms with Crippen molar-refractivity contribution in [1.29, 1.82) is 0 Å². The highest BCUT2D eigenvalue weighted by atomic mass is 28.3. The molecule has 1 atom stereocenters. The summed E-state index contributed by atoms with van der Waals surface area (Å²) in [5, 5.41) is 10.4. The van der Waals surface area contributed by atoms with Gasteiger partial charge in [0.05, 0.1) is 22.8 Å². The third kappa shape index (κ3) is 5.22. The van der Waals surface area contributed by atoms with Crippen molar-refractivity contribution < 1.29 is 0 Å². The first-order valence-electron chi connectivity index (χ1n) is 19.8. The van der Waals surface area contributed by atoms with Gasteiger partial charge in [0.15, 0.2) is 8.07 Å².